The highest BCUT2D eigenvalue weighted by Gasteiger charge is 2.46. The second-order valence-electron chi connectivity index (χ2n) is 5.63. The molecule has 160 valence electrons. The third-order valence-corrected chi connectivity index (χ3v) is 8.30. The smallest absolute Gasteiger partial charge is 0.284 e. The molecule has 1 rings (SSSR count). The first-order chi connectivity index (χ1) is 12.8. The molecule has 0 radical (unpaired) electrons. The summed E-state index contributed by atoms with van der Waals surface area (Å²) in [5, 5.41) is 0. The van der Waals surface area contributed by atoms with E-state index >= 15 is 0 Å². The number of alkyl halides is 3. The van der Waals surface area contributed by atoms with Crippen LogP contribution >= 0.6 is 0 Å². The van der Waals surface area contributed by atoms with Crippen molar-refractivity contribution >= 4 is 25.8 Å². The first-order valence-corrected chi connectivity index (χ1v) is 11.4. The van der Waals surface area contributed by atoms with E-state index in [1.54, 1.807) is 0 Å². The number of carbonyl (C=O) groups excluding carboxylic acids is 1. The van der Waals surface area contributed by atoms with Gasteiger partial charge in [0.2, 0.25) is 20.0 Å². The van der Waals surface area contributed by atoms with Crippen LogP contribution < -0.4 is 0 Å². The lowest BCUT2D eigenvalue weighted by molar-refractivity contribution is -0.0889. The summed E-state index contributed by atoms with van der Waals surface area (Å²) in [4.78, 5) is 10.1. The predicted molar refractivity (Wildman–Crippen MR) is 97.0 cm³/mol. The molecular weight excluding hydrogens is 421 g/mol. The topological polar surface area (TPSA) is 91.8 Å². The summed E-state index contributed by atoms with van der Waals surface area (Å²) in [5.41, 5.74) is -1.38. The van der Waals surface area contributed by atoms with E-state index in [0.29, 0.717) is 0 Å². The number of halogens is 3. The number of hydrogen-bond acceptors (Lipinski definition) is 5. The van der Waals surface area contributed by atoms with E-state index in [9.17, 15) is 34.8 Å². The fourth-order valence-electron chi connectivity index (χ4n) is 2.71. The van der Waals surface area contributed by atoms with Gasteiger partial charge in [0.25, 0.3) is 5.78 Å². The molecule has 0 fully saturated rings. The molecule has 12 heteroatoms. The summed E-state index contributed by atoms with van der Waals surface area (Å²) < 4.78 is 92.7. The van der Waals surface area contributed by atoms with Crippen LogP contribution in [-0.2, 0) is 20.0 Å². The molecule has 1 aromatic rings. The van der Waals surface area contributed by atoms with E-state index in [0.717, 1.165) is 26.8 Å². The third kappa shape index (κ3) is 4.56. The molecule has 28 heavy (non-hydrogen) atoms. The first kappa shape index (κ1) is 24.5. The van der Waals surface area contributed by atoms with Crippen LogP contribution in [0.4, 0.5) is 13.2 Å². The Morgan fingerprint density at radius 1 is 0.821 bits per heavy atom. The number of sulfonamides is 2. The first-order valence-electron chi connectivity index (χ1n) is 8.55. The van der Waals surface area contributed by atoms with Crippen molar-refractivity contribution in [2.24, 2.45) is 0 Å². The van der Waals surface area contributed by atoms with Gasteiger partial charge < -0.3 is 0 Å². The summed E-state index contributed by atoms with van der Waals surface area (Å²) in [6, 6.07) is 2.64. The molecule has 0 N–H and O–H groups in total. The number of rotatable bonds is 9. The maximum Gasteiger partial charge on any atom is 0.454 e. The molecule has 1 aromatic carbocycles. The van der Waals surface area contributed by atoms with Crippen LogP contribution in [0.5, 0.6) is 0 Å². The Labute approximate surface area is 163 Å². The number of nitrogens with zero attached hydrogens (tertiary/aromatic N) is 2. The van der Waals surface area contributed by atoms with Crippen LogP contribution in [0.25, 0.3) is 0 Å². The Morgan fingerprint density at radius 2 is 1.14 bits per heavy atom. The summed E-state index contributed by atoms with van der Waals surface area (Å²) >= 11 is 0. The molecule has 7 nitrogen and oxygen atoms in total. The third-order valence-electron chi connectivity index (χ3n) is 4.12. The second-order valence-corrected chi connectivity index (χ2v) is 9.45. The molecule has 0 unspecified atom stereocenters. The molecule has 0 atom stereocenters. The van der Waals surface area contributed by atoms with E-state index in [1.807, 2.05) is 0 Å². The molecule has 0 aliphatic rings. The molecule has 0 aliphatic carbocycles. The van der Waals surface area contributed by atoms with Gasteiger partial charge in [0.1, 0.15) is 0 Å². The Bertz CT molecular complexity index is 860. The minimum Gasteiger partial charge on any atom is -0.284 e. The Morgan fingerprint density at radius 3 is 1.39 bits per heavy atom. The van der Waals surface area contributed by atoms with Gasteiger partial charge in [-0.3, -0.25) is 4.79 Å². The van der Waals surface area contributed by atoms with Gasteiger partial charge in [-0.2, -0.15) is 21.8 Å². The Hall–Kier alpha value is -1.50. The normalized spacial score (nSPS) is 13.3. The second kappa shape index (κ2) is 8.89. The maximum atomic E-state index is 13.2. The summed E-state index contributed by atoms with van der Waals surface area (Å²) in [7, 11) is -9.06. The quantitative estimate of drug-likeness (QED) is 0.546. The van der Waals surface area contributed by atoms with E-state index in [-0.39, 0.29) is 26.2 Å². The zero-order valence-corrected chi connectivity index (χ0v) is 17.6. The van der Waals surface area contributed by atoms with Crippen LogP contribution in [0.15, 0.2) is 28.0 Å². The number of hydrogen-bond donors (Lipinski definition) is 0. The van der Waals surface area contributed by atoms with E-state index < -0.39 is 47.4 Å². The van der Waals surface area contributed by atoms with Gasteiger partial charge in [0.05, 0.1) is 15.4 Å². The minimum atomic E-state index is -5.46. The van der Waals surface area contributed by atoms with Crippen molar-refractivity contribution in [2.45, 2.75) is 43.7 Å². The molecule has 0 aliphatic heterocycles. The molecule has 0 heterocycles. The zero-order chi connectivity index (χ0) is 21.9. The summed E-state index contributed by atoms with van der Waals surface area (Å²) in [5.74, 6) is -2.52. The molecule has 0 saturated heterocycles. The zero-order valence-electron chi connectivity index (χ0n) is 15.9. The highest BCUT2D eigenvalue weighted by atomic mass is 32.2. The van der Waals surface area contributed by atoms with Crippen molar-refractivity contribution in [2.75, 3.05) is 26.2 Å². The van der Waals surface area contributed by atoms with Gasteiger partial charge >= 0.3 is 6.18 Å². The van der Waals surface area contributed by atoms with Gasteiger partial charge in [-0.1, -0.05) is 33.8 Å². The lowest BCUT2D eigenvalue weighted by Gasteiger charge is -2.24. The van der Waals surface area contributed by atoms with Crippen LogP contribution in [0.1, 0.15) is 38.1 Å². The molecule has 0 saturated carbocycles. The number of carbonyl (C=O) groups is 1. The summed E-state index contributed by atoms with van der Waals surface area (Å²) in [6.45, 7) is 5.64. The molecule has 0 bridgehead atoms. The molecule has 0 spiro atoms. The fourth-order valence-corrected chi connectivity index (χ4v) is 6.11. The van der Waals surface area contributed by atoms with Crippen molar-refractivity contribution in [1.82, 2.24) is 8.61 Å². The van der Waals surface area contributed by atoms with E-state index in [4.69, 9.17) is 0 Å². The molecular formula is C16H23F3N2O5S2. The Kier molecular flexibility index (Phi) is 7.79. The van der Waals surface area contributed by atoms with Gasteiger partial charge in [0.15, 0.2) is 0 Å². The van der Waals surface area contributed by atoms with E-state index in [2.05, 4.69) is 0 Å². The van der Waals surface area contributed by atoms with Gasteiger partial charge in [-0.25, -0.2) is 16.8 Å². The molecule has 0 aromatic heterocycles. The standard InChI is InChI=1S/C16H23F3N2O5S2/c1-5-20(6-2)27(23,24)12-10-9-11-13(14(12)15(22)16(17,18)19)28(25,26)21(7-3)8-4/h9-11H,5-8H2,1-4H3. The van der Waals surface area contributed by atoms with E-state index in [1.165, 1.54) is 27.7 Å². The Balaban J connectivity index is 4.01. The minimum absolute atomic E-state index is 0.0640. The van der Waals surface area contributed by atoms with Crippen molar-refractivity contribution in [3.63, 3.8) is 0 Å². The average Bonchev–Trinajstić information content (AvgIpc) is 2.61. The number of Topliss-reactive ketones (excluding diaryl/α,β-unsaturated/α-hetero) is 1. The van der Waals surface area contributed by atoms with Gasteiger partial charge in [-0.05, 0) is 12.1 Å². The predicted octanol–water partition coefficient (Wildman–Crippen LogP) is 2.49. The SMILES string of the molecule is CCN(CC)S(=O)(=O)c1cccc(S(=O)(=O)N(CC)CC)c1C(=O)C(F)(F)F. The average molecular weight is 444 g/mol. The van der Waals surface area contributed by atoms with Crippen molar-refractivity contribution < 1.29 is 34.8 Å². The molecule has 0 amide bonds. The highest BCUT2D eigenvalue weighted by molar-refractivity contribution is 7.90. The highest BCUT2D eigenvalue weighted by Crippen LogP contribution is 2.33. The maximum absolute atomic E-state index is 13.2. The number of ketones is 1. The largest absolute Gasteiger partial charge is 0.454 e. The van der Waals surface area contributed by atoms with Crippen LogP contribution in [-0.4, -0.2) is 63.6 Å². The van der Waals surface area contributed by atoms with Gasteiger partial charge in [0, 0.05) is 26.2 Å². The van der Waals surface area contributed by atoms with Crippen molar-refractivity contribution in [3.8, 4) is 0 Å². The summed E-state index contributed by atoms with van der Waals surface area (Å²) in [6.07, 6.45) is -5.46. The number of benzene rings is 1. The van der Waals surface area contributed by atoms with Crippen LogP contribution in [0.2, 0.25) is 0 Å². The fraction of sp³-hybridized carbons (Fsp3) is 0.562. The van der Waals surface area contributed by atoms with Crippen LogP contribution in [0.3, 0.4) is 0 Å². The lowest BCUT2D eigenvalue weighted by atomic mass is 10.1. The lowest BCUT2D eigenvalue weighted by Crippen LogP contribution is -2.36. The monoisotopic (exact) mass is 444 g/mol. The van der Waals surface area contributed by atoms with Gasteiger partial charge in [-0.15, -0.1) is 0 Å². The van der Waals surface area contributed by atoms with Crippen molar-refractivity contribution in [1.29, 1.82) is 0 Å². The van der Waals surface area contributed by atoms with Crippen molar-refractivity contribution in [3.05, 3.63) is 23.8 Å². The van der Waals surface area contributed by atoms with Crippen LogP contribution in [0, 0.1) is 0 Å².